The standard InChI is InChI=1S/C11H12FNO2/c12-8-1-2-9-10(15-6-14-9)7(8)5-11(13)3-4-11/h1-2H,3-6,13H2. The van der Waals surface area contributed by atoms with Crippen LogP contribution in [-0.4, -0.2) is 12.3 Å². The molecule has 0 atom stereocenters. The molecule has 0 bridgehead atoms. The quantitative estimate of drug-likeness (QED) is 0.804. The van der Waals surface area contributed by atoms with E-state index in [-0.39, 0.29) is 18.1 Å². The lowest BCUT2D eigenvalue weighted by atomic mass is 10.0. The Morgan fingerprint density at radius 1 is 1.33 bits per heavy atom. The molecule has 80 valence electrons. The van der Waals surface area contributed by atoms with Crippen molar-refractivity contribution in [2.24, 2.45) is 5.73 Å². The fourth-order valence-electron chi connectivity index (χ4n) is 1.86. The summed E-state index contributed by atoms with van der Waals surface area (Å²) in [6, 6.07) is 3.01. The molecule has 15 heavy (non-hydrogen) atoms. The first-order chi connectivity index (χ1) is 7.18. The average Bonchev–Trinajstić information content (AvgIpc) is 2.78. The second-order valence-electron chi connectivity index (χ2n) is 4.30. The number of halogens is 1. The number of nitrogens with two attached hydrogens (primary N) is 1. The smallest absolute Gasteiger partial charge is 0.231 e. The van der Waals surface area contributed by atoms with Gasteiger partial charge in [-0.2, -0.15) is 0 Å². The Morgan fingerprint density at radius 3 is 2.87 bits per heavy atom. The van der Waals surface area contributed by atoms with Crippen molar-refractivity contribution >= 4 is 0 Å². The van der Waals surface area contributed by atoms with Crippen molar-refractivity contribution in [2.75, 3.05) is 6.79 Å². The third-order valence-corrected chi connectivity index (χ3v) is 3.01. The zero-order valence-corrected chi connectivity index (χ0v) is 8.25. The molecule has 2 N–H and O–H groups in total. The van der Waals surface area contributed by atoms with Crippen LogP contribution in [0.2, 0.25) is 0 Å². The summed E-state index contributed by atoms with van der Waals surface area (Å²) < 4.78 is 24.1. The number of ether oxygens (including phenoxy) is 2. The van der Waals surface area contributed by atoms with Gasteiger partial charge in [0.05, 0.1) is 0 Å². The van der Waals surface area contributed by atoms with Crippen molar-refractivity contribution in [3.63, 3.8) is 0 Å². The molecule has 0 amide bonds. The molecule has 1 heterocycles. The van der Waals surface area contributed by atoms with Gasteiger partial charge in [-0.1, -0.05) is 0 Å². The fraction of sp³-hybridized carbons (Fsp3) is 0.455. The first-order valence-corrected chi connectivity index (χ1v) is 5.04. The molecule has 2 aliphatic rings. The predicted octanol–water partition coefficient (Wildman–Crippen LogP) is 1.59. The molecule has 3 nitrogen and oxygen atoms in total. The van der Waals surface area contributed by atoms with E-state index in [0.29, 0.717) is 23.5 Å². The second kappa shape index (κ2) is 2.85. The third-order valence-electron chi connectivity index (χ3n) is 3.01. The summed E-state index contributed by atoms with van der Waals surface area (Å²) in [5.74, 6) is 0.901. The van der Waals surface area contributed by atoms with Gasteiger partial charge in [-0.15, -0.1) is 0 Å². The number of benzene rings is 1. The summed E-state index contributed by atoms with van der Waals surface area (Å²) in [6.07, 6.45) is 2.44. The minimum absolute atomic E-state index is 0.170. The first-order valence-electron chi connectivity index (χ1n) is 5.04. The summed E-state index contributed by atoms with van der Waals surface area (Å²) in [7, 11) is 0. The number of fused-ring (bicyclic) bond motifs is 1. The molecule has 1 aromatic carbocycles. The van der Waals surface area contributed by atoms with E-state index in [4.69, 9.17) is 15.2 Å². The van der Waals surface area contributed by atoms with Crippen molar-refractivity contribution in [3.8, 4) is 11.5 Å². The van der Waals surface area contributed by atoms with Crippen molar-refractivity contribution in [3.05, 3.63) is 23.5 Å². The van der Waals surface area contributed by atoms with Gasteiger partial charge in [0, 0.05) is 11.1 Å². The average molecular weight is 209 g/mol. The van der Waals surface area contributed by atoms with Crippen molar-refractivity contribution < 1.29 is 13.9 Å². The van der Waals surface area contributed by atoms with Gasteiger partial charge in [0.1, 0.15) is 5.82 Å². The molecule has 0 saturated heterocycles. The van der Waals surface area contributed by atoms with Crippen LogP contribution in [0.4, 0.5) is 4.39 Å². The van der Waals surface area contributed by atoms with Crippen LogP contribution in [0, 0.1) is 5.82 Å². The van der Waals surface area contributed by atoms with E-state index in [1.807, 2.05) is 0 Å². The maximum absolute atomic E-state index is 13.6. The van der Waals surface area contributed by atoms with Gasteiger partial charge in [0.15, 0.2) is 11.5 Å². The molecular formula is C11H12FNO2. The van der Waals surface area contributed by atoms with Gasteiger partial charge in [-0.25, -0.2) is 4.39 Å². The molecule has 1 aliphatic heterocycles. The Kier molecular flexibility index (Phi) is 1.71. The molecule has 0 unspecified atom stereocenters. The third kappa shape index (κ3) is 1.45. The van der Waals surface area contributed by atoms with Crippen LogP contribution in [0.3, 0.4) is 0 Å². The highest BCUT2D eigenvalue weighted by Crippen LogP contribution is 2.43. The van der Waals surface area contributed by atoms with Gasteiger partial charge in [-0.3, -0.25) is 0 Å². The fourth-order valence-corrected chi connectivity index (χ4v) is 1.86. The summed E-state index contributed by atoms with van der Waals surface area (Å²) in [4.78, 5) is 0. The molecule has 1 aliphatic carbocycles. The molecule has 0 aromatic heterocycles. The van der Waals surface area contributed by atoms with Crippen molar-refractivity contribution in [1.82, 2.24) is 0 Å². The largest absolute Gasteiger partial charge is 0.454 e. The second-order valence-corrected chi connectivity index (χ2v) is 4.30. The lowest BCUT2D eigenvalue weighted by Crippen LogP contribution is -2.25. The van der Waals surface area contributed by atoms with Gasteiger partial charge < -0.3 is 15.2 Å². The zero-order valence-electron chi connectivity index (χ0n) is 8.25. The van der Waals surface area contributed by atoms with E-state index in [2.05, 4.69) is 0 Å². The topological polar surface area (TPSA) is 44.5 Å². The maximum Gasteiger partial charge on any atom is 0.231 e. The Morgan fingerprint density at radius 2 is 2.13 bits per heavy atom. The molecule has 0 spiro atoms. The minimum Gasteiger partial charge on any atom is -0.454 e. The SMILES string of the molecule is NC1(Cc2c(F)ccc3c2OCO3)CC1. The van der Waals surface area contributed by atoms with Crippen molar-refractivity contribution in [2.45, 2.75) is 24.8 Å². The highest BCUT2D eigenvalue weighted by atomic mass is 19.1. The normalized spacial score (nSPS) is 20.4. The number of rotatable bonds is 2. The number of hydrogen-bond acceptors (Lipinski definition) is 3. The first kappa shape index (κ1) is 8.97. The Balaban J connectivity index is 2.01. The number of hydrogen-bond donors (Lipinski definition) is 1. The van der Waals surface area contributed by atoms with Crippen LogP contribution >= 0.6 is 0 Å². The molecule has 1 saturated carbocycles. The molecule has 1 fully saturated rings. The van der Waals surface area contributed by atoms with E-state index in [1.165, 1.54) is 6.07 Å². The minimum atomic E-state index is -0.254. The lowest BCUT2D eigenvalue weighted by molar-refractivity contribution is 0.173. The maximum atomic E-state index is 13.6. The Hall–Kier alpha value is -1.29. The van der Waals surface area contributed by atoms with E-state index in [0.717, 1.165) is 12.8 Å². The molecule has 4 heteroatoms. The monoisotopic (exact) mass is 209 g/mol. The molecular weight excluding hydrogens is 197 g/mol. The van der Waals surface area contributed by atoms with Crippen LogP contribution in [0.15, 0.2) is 12.1 Å². The Labute approximate surface area is 87.0 Å². The van der Waals surface area contributed by atoms with Crippen LogP contribution in [0.25, 0.3) is 0 Å². The van der Waals surface area contributed by atoms with E-state index >= 15 is 0 Å². The van der Waals surface area contributed by atoms with Crippen LogP contribution in [0.5, 0.6) is 11.5 Å². The summed E-state index contributed by atoms with van der Waals surface area (Å²) >= 11 is 0. The lowest BCUT2D eigenvalue weighted by Gasteiger charge is -2.11. The summed E-state index contributed by atoms with van der Waals surface area (Å²) in [5.41, 5.74) is 6.32. The van der Waals surface area contributed by atoms with Gasteiger partial charge in [-0.05, 0) is 31.4 Å². The summed E-state index contributed by atoms with van der Waals surface area (Å²) in [5, 5.41) is 0. The van der Waals surface area contributed by atoms with Gasteiger partial charge in [0.25, 0.3) is 0 Å². The predicted molar refractivity (Wildman–Crippen MR) is 52.4 cm³/mol. The van der Waals surface area contributed by atoms with Crippen LogP contribution in [0.1, 0.15) is 18.4 Å². The van der Waals surface area contributed by atoms with E-state index < -0.39 is 0 Å². The molecule has 1 aromatic rings. The highest BCUT2D eigenvalue weighted by molar-refractivity contribution is 5.49. The van der Waals surface area contributed by atoms with Crippen LogP contribution < -0.4 is 15.2 Å². The molecule has 3 rings (SSSR count). The van der Waals surface area contributed by atoms with E-state index in [9.17, 15) is 4.39 Å². The highest BCUT2D eigenvalue weighted by Gasteiger charge is 2.40. The van der Waals surface area contributed by atoms with Crippen molar-refractivity contribution in [1.29, 1.82) is 0 Å². The molecule has 0 radical (unpaired) electrons. The van der Waals surface area contributed by atoms with E-state index in [1.54, 1.807) is 6.07 Å². The van der Waals surface area contributed by atoms with Gasteiger partial charge >= 0.3 is 0 Å². The summed E-state index contributed by atoms with van der Waals surface area (Å²) in [6.45, 7) is 0.170. The zero-order chi connectivity index (χ0) is 10.5. The van der Waals surface area contributed by atoms with Crippen LogP contribution in [-0.2, 0) is 6.42 Å². The van der Waals surface area contributed by atoms with Gasteiger partial charge in [0.2, 0.25) is 6.79 Å². The Bertz CT molecular complexity index is 415.